The molecule has 30 heavy (non-hydrogen) atoms. The van der Waals surface area contributed by atoms with Gasteiger partial charge in [0.1, 0.15) is 12.3 Å². The fourth-order valence-electron chi connectivity index (χ4n) is 3.76. The first-order chi connectivity index (χ1) is 14.4. The number of nitrogens with zero attached hydrogens (tertiary/aromatic N) is 1. The first kappa shape index (κ1) is 20.6. The van der Waals surface area contributed by atoms with Gasteiger partial charge in [0.2, 0.25) is 22.3 Å². The number of carbonyl (C=O) groups excluding carboxylic acids is 1. The first-order valence-electron chi connectivity index (χ1n) is 10.0. The van der Waals surface area contributed by atoms with E-state index in [9.17, 15) is 18.3 Å². The first-order valence-corrected chi connectivity index (χ1v) is 11.5. The van der Waals surface area contributed by atoms with Crippen LogP contribution in [0.3, 0.4) is 0 Å². The fourth-order valence-corrected chi connectivity index (χ4v) is 4.81. The van der Waals surface area contributed by atoms with Crippen molar-refractivity contribution in [2.75, 3.05) is 11.4 Å². The zero-order valence-electron chi connectivity index (χ0n) is 16.5. The second kappa shape index (κ2) is 8.63. The minimum Gasteiger partial charge on any atom is -0.490 e. The summed E-state index contributed by atoms with van der Waals surface area (Å²) >= 11 is 0. The molecule has 2 aromatic rings. The molecular formula is C21H25N3O5S. The number of sulfonamides is 1. The molecule has 4 rings (SSSR count). The van der Waals surface area contributed by atoms with Crippen molar-refractivity contribution in [3.63, 3.8) is 0 Å². The number of hydrogen-bond donors (Lipinski definition) is 3. The van der Waals surface area contributed by atoms with Gasteiger partial charge in [-0.1, -0.05) is 18.2 Å². The number of aliphatic hydroxyl groups is 1. The van der Waals surface area contributed by atoms with E-state index in [4.69, 9.17) is 4.74 Å². The number of aliphatic hydroxyl groups excluding tert-OH is 1. The number of rotatable bonds is 7. The quantitative estimate of drug-likeness (QED) is 0.616. The van der Waals surface area contributed by atoms with Crippen molar-refractivity contribution in [3.8, 4) is 5.75 Å². The second-order valence-corrected chi connectivity index (χ2v) is 9.33. The second-order valence-electron chi connectivity index (χ2n) is 7.56. The highest BCUT2D eigenvalue weighted by Crippen LogP contribution is 2.26. The van der Waals surface area contributed by atoms with Crippen LogP contribution in [0.1, 0.15) is 31.2 Å². The molecule has 1 heterocycles. The Hall–Kier alpha value is -2.62. The summed E-state index contributed by atoms with van der Waals surface area (Å²) in [5.74, 6) is 0.292. The summed E-state index contributed by atoms with van der Waals surface area (Å²) in [5.41, 5.74) is 1.34. The molecular weight excluding hydrogens is 406 g/mol. The molecule has 0 aromatic heterocycles. The van der Waals surface area contributed by atoms with E-state index in [2.05, 4.69) is 10.0 Å². The third-order valence-electron chi connectivity index (χ3n) is 5.33. The summed E-state index contributed by atoms with van der Waals surface area (Å²) in [4.78, 5) is 13.1. The normalized spacial score (nSPS) is 19.8. The highest BCUT2D eigenvalue weighted by atomic mass is 32.2. The highest BCUT2D eigenvalue weighted by molar-refractivity contribution is 7.89. The van der Waals surface area contributed by atoms with Crippen molar-refractivity contribution in [3.05, 3.63) is 54.1 Å². The Kier molecular flexibility index (Phi) is 5.94. The van der Waals surface area contributed by atoms with Crippen molar-refractivity contribution in [1.82, 2.24) is 10.0 Å². The summed E-state index contributed by atoms with van der Waals surface area (Å²) < 4.78 is 34.0. The molecule has 1 unspecified atom stereocenters. The standard InChI is InChI=1S/C21H25N3O5S/c25-20-14-24(21(26)23-20)16-6-3-5-15(11-16)13-22-30(27,28)19-10-4-9-18(12-19)29-17-7-1-2-8-17/h3-6,9-12,17,21-22,26H,1-2,7-8,13-14H2,(H,23,25). The van der Waals surface area contributed by atoms with Crippen LogP contribution in [0.4, 0.5) is 5.69 Å². The number of nitrogens with one attached hydrogen (secondary N) is 2. The molecule has 160 valence electrons. The van der Waals surface area contributed by atoms with Gasteiger partial charge in [0.15, 0.2) is 0 Å². The van der Waals surface area contributed by atoms with Gasteiger partial charge in [0, 0.05) is 18.3 Å². The Balaban J connectivity index is 1.43. The van der Waals surface area contributed by atoms with Crippen LogP contribution in [-0.2, 0) is 21.4 Å². The summed E-state index contributed by atoms with van der Waals surface area (Å²) in [7, 11) is -3.73. The van der Waals surface area contributed by atoms with Gasteiger partial charge in [0.05, 0.1) is 11.0 Å². The molecule has 2 aliphatic rings. The predicted octanol–water partition coefficient (Wildman–Crippen LogP) is 1.70. The molecule has 1 aliphatic carbocycles. The van der Waals surface area contributed by atoms with Gasteiger partial charge in [-0.15, -0.1) is 0 Å². The lowest BCUT2D eigenvalue weighted by molar-refractivity contribution is -0.119. The van der Waals surface area contributed by atoms with Crippen LogP contribution in [0.2, 0.25) is 0 Å². The molecule has 1 amide bonds. The van der Waals surface area contributed by atoms with Gasteiger partial charge in [-0.25, -0.2) is 13.1 Å². The fraction of sp³-hybridized carbons (Fsp3) is 0.381. The number of carbonyl (C=O) groups is 1. The maximum absolute atomic E-state index is 12.8. The molecule has 0 radical (unpaired) electrons. The average molecular weight is 432 g/mol. The van der Waals surface area contributed by atoms with Crippen molar-refractivity contribution in [2.24, 2.45) is 0 Å². The molecule has 2 aromatic carbocycles. The monoisotopic (exact) mass is 431 g/mol. The molecule has 2 fully saturated rings. The molecule has 1 saturated carbocycles. The lowest BCUT2D eigenvalue weighted by Gasteiger charge is -2.21. The number of amides is 1. The van der Waals surface area contributed by atoms with Gasteiger partial charge in [-0.05, 0) is 55.5 Å². The molecule has 1 saturated heterocycles. The number of hydrogen-bond acceptors (Lipinski definition) is 6. The average Bonchev–Trinajstić information content (AvgIpc) is 3.36. The van der Waals surface area contributed by atoms with E-state index < -0.39 is 16.4 Å². The van der Waals surface area contributed by atoms with Gasteiger partial charge in [-0.3, -0.25) is 4.79 Å². The molecule has 1 aliphatic heterocycles. The Morgan fingerprint density at radius 1 is 1.13 bits per heavy atom. The van der Waals surface area contributed by atoms with Gasteiger partial charge in [-0.2, -0.15) is 0 Å². The van der Waals surface area contributed by atoms with E-state index in [0.29, 0.717) is 17.0 Å². The maximum atomic E-state index is 12.8. The molecule has 0 spiro atoms. The minimum absolute atomic E-state index is 0.0458. The number of ether oxygens (including phenoxy) is 1. The van der Waals surface area contributed by atoms with Gasteiger partial charge in [0.25, 0.3) is 0 Å². The Labute approximate surface area is 175 Å². The van der Waals surface area contributed by atoms with E-state index in [1.807, 2.05) is 0 Å². The Morgan fingerprint density at radius 3 is 2.63 bits per heavy atom. The van der Waals surface area contributed by atoms with E-state index in [0.717, 1.165) is 25.7 Å². The van der Waals surface area contributed by atoms with Crippen LogP contribution in [0.25, 0.3) is 0 Å². The Morgan fingerprint density at radius 2 is 1.90 bits per heavy atom. The topological polar surface area (TPSA) is 108 Å². The van der Waals surface area contributed by atoms with Crippen LogP contribution >= 0.6 is 0 Å². The molecule has 0 bridgehead atoms. The molecule has 8 nitrogen and oxygen atoms in total. The van der Waals surface area contributed by atoms with E-state index in [1.165, 1.54) is 11.0 Å². The lowest BCUT2D eigenvalue weighted by Crippen LogP contribution is -2.35. The molecule has 9 heteroatoms. The van der Waals surface area contributed by atoms with Crippen LogP contribution in [0.15, 0.2) is 53.4 Å². The number of anilines is 1. The minimum atomic E-state index is -3.73. The summed E-state index contributed by atoms with van der Waals surface area (Å²) in [6.07, 6.45) is 3.34. The van der Waals surface area contributed by atoms with E-state index in [-0.39, 0.29) is 30.0 Å². The zero-order chi connectivity index (χ0) is 21.1. The largest absolute Gasteiger partial charge is 0.490 e. The van der Waals surface area contributed by atoms with Crippen LogP contribution in [-0.4, -0.2) is 38.4 Å². The van der Waals surface area contributed by atoms with E-state index in [1.54, 1.807) is 42.5 Å². The van der Waals surface area contributed by atoms with Crippen molar-refractivity contribution in [2.45, 2.75) is 49.6 Å². The smallest absolute Gasteiger partial charge is 0.243 e. The molecule has 3 N–H and O–H groups in total. The Bertz CT molecular complexity index is 1020. The van der Waals surface area contributed by atoms with Crippen LogP contribution < -0.4 is 19.7 Å². The summed E-state index contributed by atoms with van der Waals surface area (Å²) in [5, 5.41) is 12.3. The highest BCUT2D eigenvalue weighted by Gasteiger charge is 2.28. The third-order valence-corrected chi connectivity index (χ3v) is 6.73. The van der Waals surface area contributed by atoms with Gasteiger partial charge < -0.3 is 20.1 Å². The SMILES string of the molecule is O=C1CN(c2cccc(CNS(=O)(=O)c3cccc(OC4CCCC4)c3)c2)C(O)N1. The molecule has 1 atom stereocenters. The zero-order valence-corrected chi connectivity index (χ0v) is 17.3. The third kappa shape index (κ3) is 4.75. The summed E-state index contributed by atoms with van der Waals surface area (Å²) in [6, 6.07) is 13.6. The van der Waals surface area contributed by atoms with Gasteiger partial charge >= 0.3 is 0 Å². The summed E-state index contributed by atoms with van der Waals surface area (Å²) in [6.45, 7) is 0.124. The van der Waals surface area contributed by atoms with Crippen molar-refractivity contribution >= 4 is 21.6 Å². The number of benzene rings is 2. The maximum Gasteiger partial charge on any atom is 0.243 e. The van der Waals surface area contributed by atoms with E-state index >= 15 is 0 Å². The van der Waals surface area contributed by atoms with Crippen molar-refractivity contribution in [1.29, 1.82) is 0 Å². The predicted molar refractivity (Wildman–Crippen MR) is 111 cm³/mol. The lowest BCUT2D eigenvalue weighted by atomic mass is 10.2. The van der Waals surface area contributed by atoms with Crippen LogP contribution in [0.5, 0.6) is 5.75 Å². The van der Waals surface area contributed by atoms with Crippen molar-refractivity contribution < 1.29 is 23.1 Å². The van der Waals surface area contributed by atoms with Crippen LogP contribution in [0, 0.1) is 0 Å².